The number of oxazole rings is 1. The van der Waals surface area contributed by atoms with Crippen LogP contribution in [-0.4, -0.2) is 16.1 Å². The van der Waals surface area contributed by atoms with Gasteiger partial charge in [0.25, 0.3) is 0 Å². The highest BCUT2D eigenvalue weighted by atomic mass is 19.1. The average molecular weight is 271 g/mol. The molecule has 0 saturated carbocycles. The first-order valence-electron chi connectivity index (χ1n) is 5.94. The minimum absolute atomic E-state index is 0.121. The van der Waals surface area contributed by atoms with Crippen LogP contribution in [-0.2, 0) is 0 Å². The summed E-state index contributed by atoms with van der Waals surface area (Å²) in [6.45, 7) is 1.78. The third kappa shape index (κ3) is 2.14. The highest BCUT2D eigenvalue weighted by Gasteiger charge is 2.12. The number of benzene rings is 2. The number of rotatable bonds is 2. The Morgan fingerprint density at radius 1 is 1.25 bits per heavy atom. The Kier molecular flexibility index (Phi) is 2.75. The summed E-state index contributed by atoms with van der Waals surface area (Å²) < 4.78 is 18.9. The molecule has 1 aromatic heterocycles. The summed E-state index contributed by atoms with van der Waals surface area (Å²) >= 11 is 0. The Bertz CT molecular complexity index is 803. The van der Waals surface area contributed by atoms with E-state index in [1.54, 1.807) is 19.1 Å². The molecule has 100 valence electrons. The molecule has 0 fully saturated rings. The first-order valence-corrected chi connectivity index (χ1v) is 5.94. The van der Waals surface area contributed by atoms with Gasteiger partial charge in [-0.25, -0.2) is 14.2 Å². The fourth-order valence-corrected chi connectivity index (χ4v) is 2.04. The molecular formula is C15H10FNO3. The van der Waals surface area contributed by atoms with Crippen LogP contribution in [0.3, 0.4) is 0 Å². The van der Waals surface area contributed by atoms with E-state index in [-0.39, 0.29) is 17.3 Å². The molecule has 3 rings (SSSR count). The van der Waals surface area contributed by atoms with Crippen LogP contribution >= 0.6 is 0 Å². The fraction of sp³-hybridized carbons (Fsp3) is 0.0667. The van der Waals surface area contributed by atoms with Crippen molar-refractivity contribution < 1.29 is 18.7 Å². The van der Waals surface area contributed by atoms with E-state index >= 15 is 0 Å². The molecule has 1 N–H and O–H groups in total. The Balaban J connectivity index is 2.15. The summed E-state index contributed by atoms with van der Waals surface area (Å²) in [6, 6.07) is 8.92. The van der Waals surface area contributed by atoms with Crippen molar-refractivity contribution in [3.8, 4) is 11.5 Å². The van der Waals surface area contributed by atoms with Gasteiger partial charge in [-0.1, -0.05) is 0 Å². The minimum atomic E-state index is -1.04. The van der Waals surface area contributed by atoms with Crippen molar-refractivity contribution in [2.24, 2.45) is 0 Å². The molecule has 0 atom stereocenters. The lowest BCUT2D eigenvalue weighted by Gasteiger charge is -1.98. The van der Waals surface area contributed by atoms with E-state index in [4.69, 9.17) is 9.52 Å². The monoisotopic (exact) mass is 271 g/mol. The summed E-state index contributed by atoms with van der Waals surface area (Å²) in [4.78, 5) is 15.1. The van der Waals surface area contributed by atoms with Crippen LogP contribution < -0.4 is 0 Å². The van der Waals surface area contributed by atoms with E-state index in [1.165, 1.54) is 24.3 Å². The first kappa shape index (κ1) is 12.3. The molecule has 2 aromatic carbocycles. The zero-order valence-electron chi connectivity index (χ0n) is 10.6. The summed E-state index contributed by atoms with van der Waals surface area (Å²) in [6.07, 6.45) is 0. The zero-order chi connectivity index (χ0) is 14.3. The van der Waals surface area contributed by atoms with Crippen LogP contribution in [0.25, 0.3) is 22.6 Å². The van der Waals surface area contributed by atoms with Crippen LogP contribution in [0.1, 0.15) is 15.9 Å². The number of nitrogens with zero attached hydrogens (tertiary/aromatic N) is 1. The van der Waals surface area contributed by atoms with Crippen molar-refractivity contribution in [1.29, 1.82) is 0 Å². The largest absolute Gasteiger partial charge is 0.478 e. The van der Waals surface area contributed by atoms with E-state index in [2.05, 4.69) is 4.98 Å². The second-order valence-corrected chi connectivity index (χ2v) is 4.52. The Labute approximate surface area is 113 Å². The fourth-order valence-electron chi connectivity index (χ4n) is 2.04. The second kappa shape index (κ2) is 4.45. The van der Waals surface area contributed by atoms with E-state index in [0.717, 1.165) is 5.56 Å². The minimum Gasteiger partial charge on any atom is -0.478 e. The van der Waals surface area contributed by atoms with Crippen molar-refractivity contribution in [3.05, 3.63) is 53.3 Å². The van der Waals surface area contributed by atoms with E-state index in [9.17, 15) is 9.18 Å². The number of carboxylic acids is 1. The van der Waals surface area contributed by atoms with Crippen molar-refractivity contribution in [1.82, 2.24) is 4.98 Å². The van der Waals surface area contributed by atoms with Gasteiger partial charge in [0.05, 0.1) is 5.56 Å². The number of fused-ring (bicyclic) bond motifs is 1. The van der Waals surface area contributed by atoms with Gasteiger partial charge in [-0.2, -0.15) is 0 Å². The smallest absolute Gasteiger partial charge is 0.335 e. The van der Waals surface area contributed by atoms with Crippen molar-refractivity contribution in [3.63, 3.8) is 0 Å². The molecular weight excluding hydrogens is 261 g/mol. The molecule has 0 aliphatic heterocycles. The standard InChI is InChI=1S/C15H10FNO3/c1-8-4-10(6-11(16)5-8)14-17-12-3-2-9(15(18)19)7-13(12)20-14/h2-7H,1H3,(H,18,19). The van der Waals surface area contributed by atoms with Crippen LogP contribution in [0.15, 0.2) is 40.8 Å². The third-order valence-corrected chi connectivity index (χ3v) is 2.92. The molecule has 0 aliphatic carbocycles. The lowest BCUT2D eigenvalue weighted by molar-refractivity contribution is 0.0697. The summed E-state index contributed by atoms with van der Waals surface area (Å²) in [5.74, 6) is -1.13. The van der Waals surface area contributed by atoms with Crippen molar-refractivity contribution in [2.75, 3.05) is 0 Å². The van der Waals surface area contributed by atoms with Crippen LogP contribution in [0.4, 0.5) is 4.39 Å². The van der Waals surface area contributed by atoms with Gasteiger partial charge in [-0.05, 0) is 48.9 Å². The summed E-state index contributed by atoms with van der Waals surface area (Å²) in [5, 5.41) is 8.93. The van der Waals surface area contributed by atoms with Gasteiger partial charge in [-0.3, -0.25) is 0 Å². The number of halogens is 1. The maximum absolute atomic E-state index is 13.4. The van der Waals surface area contributed by atoms with Crippen molar-refractivity contribution >= 4 is 17.1 Å². The van der Waals surface area contributed by atoms with Crippen molar-refractivity contribution in [2.45, 2.75) is 6.92 Å². The lowest BCUT2D eigenvalue weighted by Crippen LogP contribution is -1.94. The van der Waals surface area contributed by atoms with Gasteiger partial charge in [0.1, 0.15) is 11.3 Å². The maximum atomic E-state index is 13.4. The zero-order valence-corrected chi connectivity index (χ0v) is 10.6. The molecule has 4 nitrogen and oxygen atoms in total. The molecule has 0 spiro atoms. The van der Waals surface area contributed by atoms with Gasteiger partial charge < -0.3 is 9.52 Å². The van der Waals surface area contributed by atoms with Gasteiger partial charge >= 0.3 is 5.97 Å². The van der Waals surface area contributed by atoms with Crippen LogP contribution in [0.2, 0.25) is 0 Å². The van der Waals surface area contributed by atoms with Gasteiger partial charge in [0.15, 0.2) is 5.58 Å². The van der Waals surface area contributed by atoms with E-state index < -0.39 is 5.97 Å². The molecule has 20 heavy (non-hydrogen) atoms. The molecule has 0 aliphatic rings. The number of hydrogen-bond donors (Lipinski definition) is 1. The number of hydrogen-bond acceptors (Lipinski definition) is 3. The topological polar surface area (TPSA) is 63.3 Å². The van der Waals surface area contributed by atoms with Gasteiger partial charge in [0, 0.05) is 5.56 Å². The average Bonchev–Trinajstić information content (AvgIpc) is 2.80. The van der Waals surface area contributed by atoms with E-state index in [0.29, 0.717) is 16.7 Å². The molecule has 0 saturated heterocycles. The van der Waals surface area contributed by atoms with Crippen LogP contribution in [0, 0.1) is 12.7 Å². The molecule has 0 amide bonds. The molecule has 0 radical (unpaired) electrons. The van der Waals surface area contributed by atoms with Gasteiger partial charge in [0.2, 0.25) is 5.89 Å². The number of aryl methyl sites for hydroxylation is 1. The lowest BCUT2D eigenvalue weighted by atomic mass is 10.1. The number of aromatic carboxylic acids is 1. The molecule has 3 aromatic rings. The SMILES string of the molecule is Cc1cc(F)cc(-c2nc3ccc(C(=O)O)cc3o2)c1. The highest BCUT2D eigenvalue weighted by Crippen LogP contribution is 2.26. The number of carboxylic acid groups (broad SMARTS) is 1. The maximum Gasteiger partial charge on any atom is 0.335 e. The van der Waals surface area contributed by atoms with Gasteiger partial charge in [-0.15, -0.1) is 0 Å². The van der Waals surface area contributed by atoms with E-state index in [1.807, 2.05) is 0 Å². The molecule has 1 heterocycles. The molecule has 0 unspecified atom stereocenters. The second-order valence-electron chi connectivity index (χ2n) is 4.52. The molecule has 0 bridgehead atoms. The predicted molar refractivity (Wildman–Crippen MR) is 71.1 cm³/mol. The molecule has 5 heteroatoms. The van der Waals surface area contributed by atoms with Crippen LogP contribution in [0.5, 0.6) is 0 Å². The summed E-state index contributed by atoms with van der Waals surface area (Å²) in [7, 11) is 0. The summed E-state index contributed by atoms with van der Waals surface area (Å²) in [5.41, 5.74) is 2.30. The normalized spacial score (nSPS) is 10.9. The number of carbonyl (C=O) groups is 1. The third-order valence-electron chi connectivity index (χ3n) is 2.92. The number of aromatic nitrogens is 1. The Hall–Kier alpha value is -2.69. The Morgan fingerprint density at radius 2 is 2.05 bits per heavy atom. The first-order chi connectivity index (χ1) is 9.52. The Morgan fingerprint density at radius 3 is 2.75 bits per heavy atom. The highest BCUT2D eigenvalue weighted by molar-refractivity contribution is 5.92. The predicted octanol–water partition coefficient (Wildman–Crippen LogP) is 3.64. The quantitative estimate of drug-likeness (QED) is 0.772.